The average Bonchev–Trinajstić information content (AvgIpc) is 0.913. The largest absolute Gasteiger partial charge is 0.394 e. The molecule has 542 valence electrons. The topological polar surface area (TPSA) is 189 Å². The van der Waals surface area contributed by atoms with Crippen molar-refractivity contribution in [2.24, 2.45) is 0 Å². The maximum atomic E-state index is 13.3. The van der Waals surface area contributed by atoms with E-state index in [0.717, 1.165) is 44.9 Å². The predicted molar refractivity (Wildman–Crippen MR) is 390 cm³/mol. The molecule has 0 aromatic heterocycles. The van der Waals surface area contributed by atoms with Crippen molar-refractivity contribution in [1.29, 1.82) is 0 Å². The molecule has 11 nitrogen and oxygen atoms in total. The number of aliphatic hydroxyl groups excluding tert-OH is 7. The van der Waals surface area contributed by atoms with Gasteiger partial charge in [0.25, 0.3) is 0 Å². The lowest BCUT2D eigenvalue weighted by Crippen LogP contribution is -2.60. The van der Waals surface area contributed by atoms with Crippen LogP contribution in [0.15, 0.2) is 48.6 Å². The number of amides is 1. The number of aliphatic hydroxyl groups is 7. The van der Waals surface area contributed by atoms with Gasteiger partial charge in [-0.3, -0.25) is 4.79 Å². The Morgan fingerprint density at radius 2 is 0.685 bits per heavy atom. The Morgan fingerprint density at radius 1 is 0.380 bits per heavy atom. The number of carbonyl (C=O) groups excluding carboxylic acids is 1. The molecule has 1 saturated heterocycles. The van der Waals surface area contributed by atoms with E-state index in [9.17, 15) is 40.5 Å². The Kier molecular flexibility index (Phi) is 66.1. The predicted octanol–water partition coefficient (Wildman–Crippen LogP) is 20.7. The van der Waals surface area contributed by atoms with Crippen molar-refractivity contribution in [3.05, 3.63) is 48.6 Å². The summed E-state index contributed by atoms with van der Waals surface area (Å²) in [5.41, 5.74) is 0. The van der Waals surface area contributed by atoms with E-state index in [-0.39, 0.29) is 12.8 Å². The number of allylic oxidation sites excluding steroid dienone is 8. The zero-order valence-corrected chi connectivity index (χ0v) is 60.3. The van der Waals surface area contributed by atoms with E-state index in [4.69, 9.17) is 9.47 Å². The minimum Gasteiger partial charge on any atom is -0.394 e. The molecule has 1 aliphatic heterocycles. The molecule has 0 saturated carbocycles. The van der Waals surface area contributed by atoms with Crippen LogP contribution in [-0.2, 0) is 14.3 Å². The molecule has 1 heterocycles. The number of carbonyl (C=O) groups is 1. The fourth-order valence-electron chi connectivity index (χ4n) is 13.0. The van der Waals surface area contributed by atoms with Gasteiger partial charge in [-0.1, -0.05) is 358 Å². The van der Waals surface area contributed by atoms with Crippen LogP contribution in [-0.4, -0.2) is 110 Å². The Balaban J connectivity index is 2.16. The lowest BCUT2D eigenvalue weighted by Gasteiger charge is -2.40. The van der Waals surface area contributed by atoms with Gasteiger partial charge < -0.3 is 50.5 Å². The van der Waals surface area contributed by atoms with Gasteiger partial charge >= 0.3 is 0 Å². The van der Waals surface area contributed by atoms with E-state index in [2.05, 4.69) is 67.8 Å². The van der Waals surface area contributed by atoms with Crippen molar-refractivity contribution < 1.29 is 50.0 Å². The molecular formula is C81H153NO10. The normalized spacial score (nSPS) is 18.6. The molecule has 1 aliphatic rings. The van der Waals surface area contributed by atoms with Crippen molar-refractivity contribution in [1.82, 2.24) is 5.32 Å². The molecule has 92 heavy (non-hydrogen) atoms. The highest BCUT2D eigenvalue weighted by Gasteiger charge is 2.44. The molecule has 1 fully saturated rings. The second-order valence-electron chi connectivity index (χ2n) is 28.1. The van der Waals surface area contributed by atoms with Gasteiger partial charge in [0.05, 0.1) is 25.4 Å². The summed E-state index contributed by atoms with van der Waals surface area (Å²) in [6.07, 6.45) is 80.9. The van der Waals surface area contributed by atoms with Gasteiger partial charge in [-0.05, 0) is 83.5 Å². The van der Waals surface area contributed by atoms with Crippen molar-refractivity contribution in [3.8, 4) is 0 Å². The number of ether oxygens (including phenoxy) is 2. The highest BCUT2D eigenvalue weighted by Crippen LogP contribution is 2.24. The maximum absolute atomic E-state index is 13.3. The smallest absolute Gasteiger partial charge is 0.249 e. The molecule has 9 atom stereocenters. The standard InChI is InChI=1S/C81H153NO10/c1-3-5-7-9-11-13-15-17-19-21-23-25-27-29-31-33-35-36-37-39-41-43-45-47-49-51-53-55-57-59-61-63-65-67-69-74(85)80(90)82-72(71-91-81-79(89)78(88)77(87)75(70-83)92-81)76(86)73(84)68-66-64-62-60-58-56-54-52-50-48-46-44-42-40-38-34-32-30-28-26-24-22-20-18-16-14-12-10-8-6-4-2/h27,29,33,35,52,54,60,62,72-79,81,83-89H,3-26,28,30-32,34,36-51,53,55-59,61,63-71H2,1-2H3,(H,82,90)/b29-27-,35-33-,54-52+,62-60+. The van der Waals surface area contributed by atoms with Gasteiger partial charge in [0.2, 0.25) is 5.91 Å². The Bertz CT molecular complexity index is 1640. The minimum atomic E-state index is -1.67. The number of hydrogen-bond acceptors (Lipinski definition) is 10. The third-order valence-electron chi connectivity index (χ3n) is 19.3. The summed E-state index contributed by atoms with van der Waals surface area (Å²) < 4.78 is 11.2. The average molecular weight is 1300 g/mol. The lowest BCUT2D eigenvalue weighted by molar-refractivity contribution is -0.303. The number of unbranched alkanes of at least 4 members (excludes halogenated alkanes) is 51. The molecule has 1 rings (SSSR count). The van der Waals surface area contributed by atoms with Gasteiger partial charge in [-0.2, -0.15) is 0 Å². The first-order valence-corrected chi connectivity index (χ1v) is 40.0. The van der Waals surface area contributed by atoms with Gasteiger partial charge in [0.15, 0.2) is 6.29 Å². The summed E-state index contributed by atoms with van der Waals surface area (Å²) in [5, 5.41) is 76.7. The molecule has 11 heteroatoms. The molecule has 0 aliphatic carbocycles. The molecule has 0 aromatic rings. The highest BCUT2D eigenvalue weighted by atomic mass is 16.7. The zero-order valence-electron chi connectivity index (χ0n) is 60.3. The van der Waals surface area contributed by atoms with Gasteiger partial charge in [-0.15, -0.1) is 0 Å². The van der Waals surface area contributed by atoms with E-state index in [0.29, 0.717) is 19.3 Å². The molecule has 0 radical (unpaired) electrons. The molecular weight excluding hydrogens is 1150 g/mol. The number of nitrogens with one attached hydrogen (secondary N) is 1. The van der Waals surface area contributed by atoms with Crippen LogP contribution in [0.4, 0.5) is 0 Å². The summed E-state index contributed by atoms with van der Waals surface area (Å²) >= 11 is 0. The first-order valence-electron chi connectivity index (χ1n) is 40.0. The third kappa shape index (κ3) is 55.1. The molecule has 0 aromatic carbocycles. The van der Waals surface area contributed by atoms with Gasteiger partial charge in [0, 0.05) is 0 Å². The fourth-order valence-corrected chi connectivity index (χ4v) is 13.0. The van der Waals surface area contributed by atoms with Crippen molar-refractivity contribution in [2.75, 3.05) is 13.2 Å². The van der Waals surface area contributed by atoms with Crippen LogP contribution in [0.3, 0.4) is 0 Å². The highest BCUT2D eigenvalue weighted by molar-refractivity contribution is 5.80. The molecule has 0 bridgehead atoms. The Labute approximate surface area is 568 Å². The van der Waals surface area contributed by atoms with E-state index >= 15 is 0 Å². The quantitative estimate of drug-likeness (QED) is 0.0215. The number of hydrogen-bond donors (Lipinski definition) is 8. The van der Waals surface area contributed by atoms with Crippen LogP contribution in [0.2, 0.25) is 0 Å². The summed E-state index contributed by atoms with van der Waals surface area (Å²) in [6.45, 7) is 3.50. The van der Waals surface area contributed by atoms with Gasteiger partial charge in [-0.25, -0.2) is 0 Å². The van der Waals surface area contributed by atoms with Crippen LogP contribution in [0.5, 0.6) is 0 Å². The van der Waals surface area contributed by atoms with Crippen LogP contribution in [0.25, 0.3) is 0 Å². The van der Waals surface area contributed by atoms with E-state index < -0.39 is 74.2 Å². The Hall–Kier alpha value is -1.93. The second-order valence-corrected chi connectivity index (χ2v) is 28.1. The van der Waals surface area contributed by atoms with Crippen LogP contribution in [0, 0.1) is 0 Å². The lowest BCUT2D eigenvalue weighted by atomic mass is 9.98. The molecule has 1 amide bonds. The van der Waals surface area contributed by atoms with Crippen LogP contribution in [0.1, 0.15) is 393 Å². The molecule has 0 spiro atoms. The summed E-state index contributed by atoms with van der Waals surface area (Å²) in [7, 11) is 0. The van der Waals surface area contributed by atoms with Gasteiger partial charge in [0.1, 0.15) is 36.6 Å². The Morgan fingerprint density at radius 3 is 1.03 bits per heavy atom. The zero-order chi connectivity index (χ0) is 66.7. The summed E-state index contributed by atoms with van der Waals surface area (Å²) in [4.78, 5) is 13.3. The first-order chi connectivity index (χ1) is 45.2. The SMILES string of the molecule is CCCCCCCCCCCCC/C=C\C/C=C\CCCCCCCCCCCCCCCCCCC(O)C(=O)NC(COC1OC(CO)C(O)C(O)C1O)C(O)C(O)CCC/C=C/CC/C=C/CCCCCCCCCCCCCCCCCCCCCCCC. The summed E-state index contributed by atoms with van der Waals surface area (Å²) in [6, 6.07) is -1.19. The number of rotatable bonds is 71. The van der Waals surface area contributed by atoms with E-state index in [1.807, 2.05) is 0 Å². The van der Waals surface area contributed by atoms with Crippen LogP contribution >= 0.6 is 0 Å². The van der Waals surface area contributed by atoms with Crippen molar-refractivity contribution in [2.45, 2.75) is 448 Å². The van der Waals surface area contributed by atoms with Crippen molar-refractivity contribution >= 4 is 5.91 Å². The fraction of sp³-hybridized carbons (Fsp3) is 0.889. The first kappa shape index (κ1) is 88.1. The molecule has 9 unspecified atom stereocenters. The second kappa shape index (κ2) is 69.0. The summed E-state index contributed by atoms with van der Waals surface area (Å²) in [5.74, 6) is -0.705. The minimum absolute atomic E-state index is 0.247. The van der Waals surface area contributed by atoms with E-state index in [1.54, 1.807) is 0 Å². The van der Waals surface area contributed by atoms with Crippen LogP contribution < -0.4 is 5.32 Å². The van der Waals surface area contributed by atoms with E-state index in [1.165, 1.54) is 302 Å². The molecule has 8 N–H and O–H groups in total. The van der Waals surface area contributed by atoms with Crippen molar-refractivity contribution in [3.63, 3.8) is 0 Å². The monoisotopic (exact) mass is 1300 g/mol. The third-order valence-corrected chi connectivity index (χ3v) is 19.3. The maximum Gasteiger partial charge on any atom is 0.249 e.